The number of rotatable bonds is 16. The minimum Gasteiger partial charge on any atom is -0.397 e. The average molecular weight is 869 g/mol. The van der Waals surface area contributed by atoms with Gasteiger partial charge in [0, 0.05) is 36.4 Å². The zero-order valence-electron chi connectivity index (χ0n) is 42.3. The number of amides is 3. The molecule has 0 aromatic heterocycles. The van der Waals surface area contributed by atoms with Crippen LogP contribution in [0.4, 0.5) is 5.69 Å². The molecule has 0 aliphatic carbocycles. The molecule has 0 fully saturated rings. The Kier molecular flexibility index (Phi) is 31.5. The molecule has 11 heteroatoms. The molecule has 0 bridgehead atoms. The van der Waals surface area contributed by atoms with E-state index in [-0.39, 0.29) is 35.1 Å². The summed E-state index contributed by atoms with van der Waals surface area (Å²) in [6, 6.07) is 15.2. The Morgan fingerprint density at radius 1 is 0.823 bits per heavy atom. The molecule has 1 aliphatic rings. The maximum absolute atomic E-state index is 11.7. The number of nitrogens with two attached hydrogens (primary N) is 3. The van der Waals surface area contributed by atoms with Crippen molar-refractivity contribution >= 4 is 35.3 Å². The first kappa shape index (κ1) is 61.9. The third-order valence-electron chi connectivity index (χ3n) is 9.54. The molecule has 0 radical (unpaired) electrons. The summed E-state index contributed by atoms with van der Waals surface area (Å²) in [5, 5.41) is 16.6. The van der Waals surface area contributed by atoms with Gasteiger partial charge in [0.1, 0.15) is 0 Å². The number of aliphatic hydroxyl groups excluding tert-OH is 1. The van der Waals surface area contributed by atoms with Gasteiger partial charge in [-0.05, 0) is 74.3 Å². The maximum Gasteiger partial charge on any atom is 0.236 e. The first-order valence-electron chi connectivity index (χ1n) is 22.8. The van der Waals surface area contributed by atoms with Crippen LogP contribution in [0.3, 0.4) is 0 Å². The molecule has 0 saturated heterocycles. The van der Waals surface area contributed by atoms with Crippen LogP contribution in [0.5, 0.6) is 0 Å². The molecule has 2 aromatic carbocycles. The van der Waals surface area contributed by atoms with Crippen LogP contribution in [0.1, 0.15) is 173 Å². The van der Waals surface area contributed by atoms with Crippen molar-refractivity contribution in [3.8, 4) is 0 Å². The fourth-order valence-electron chi connectivity index (χ4n) is 6.91. The molecule has 0 spiro atoms. The van der Waals surface area contributed by atoms with E-state index in [9.17, 15) is 19.5 Å². The molecule has 356 valence electrons. The van der Waals surface area contributed by atoms with Gasteiger partial charge in [-0.15, -0.1) is 0 Å². The largest absolute Gasteiger partial charge is 0.397 e. The molecular formula is C51H92N6O5. The molecule has 1 unspecified atom stereocenters. The van der Waals surface area contributed by atoms with Gasteiger partial charge in [0.15, 0.2) is 0 Å². The highest BCUT2D eigenvalue weighted by Crippen LogP contribution is 2.43. The van der Waals surface area contributed by atoms with Crippen LogP contribution >= 0.6 is 0 Å². The highest BCUT2D eigenvalue weighted by molar-refractivity contribution is 5.96. The summed E-state index contributed by atoms with van der Waals surface area (Å²) in [6.07, 6.45) is 5.11. The lowest BCUT2D eigenvalue weighted by Crippen LogP contribution is -2.44. The zero-order valence-corrected chi connectivity index (χ0v) is 42.3. The summed E-state index contributed by atoms with van der Waals surface area (Å²) in [5.41, 5.74) is 22.2. The smallest absolute Gasteiger partial charge is 0.236 e. The number of aliphatic hydroxyl groups is 1. The predicted octanol–water partition coefficient (Wildman–Crippen LogP) is 10.3. The molecule has 9 N–H and O–H groups in total. The second kappa shape index (κ2) is 31.5. The van der Waals surface area contributed by atoms with Crippen molar-refractivity contribution in [1.29, 1.82) is 0 Å². The minimum absolute atomic E-state index is 0.142. The van der Waals surface area contributed by atoms with E-state index in [1.54, 1.807) is 4.90 Å². The number of carbonyl (C=O) groups is 3. The van der Waals surface area contributed by atoms with E-state index >= 15 is 0 Å². The number of para-hydroxylation sites is 1. The summed E-state index contributed by atoms with van der Waals surface area (Å²) in [5.74, 6) is -0.769. The molecule has 62 heavy (non-hydrogen) atoms. The Balaban J connectivity index is -0.000000882. The van der Waals surface area contributed by atoms with E-state index in [1.165, 1.54) is 6.42 Å². The quantitative estimate of drug-likeness (QED) is 0.0900. The number of allylic oxidation sites excluding steroid dienone is 1. The van der Waals surface area contributed by atoms with Crippen LogP contribution in [0.2, 0.25) is 0 Å². The number of primary amides is 1. The number of benzene rings is 2. The lowest BCUT2D eigenvalue weighted by atomic mass is 9.65. The average Bonchev–Trinajstić information content (AvgIpc) is 3.21. The fraction of sp³-hybridized carbons (Fsp3) is 0.627. The Bertz CT molecular complexity index is 1610. The standard InChI is InChI=1S/C22H44N2O4.C16H15N3O.C6H13N.C3H8.2C2H6/c1-19(2,3)15-21(6,7)18(27)20(4,5)12-13-28-22(8,9)11-10-17(26)24-14-16(23)25;17-15-12-6-2-1-5-11(12)9-19(10-20)14-8-4-3-7-13(14)16(15)18;1-4-6(3)7-5-2;1-3-2;2*1-2/h18,27H,10-15H2,1-9H3,(H2,23,25)(H,24,26);1-8,10H,9,17-18H2;7H,3-5H2,1-2H3;3H2,1-2H3;2*1-2H3/b;16-15-;;;;. The van der Waals surface area contributed by atoms with Crippen molar-refractivity contribution in [2.24, 2.45) is 33.4 Å². The van der Waals surface area contributed by atoms with Gasteiger partial charge >= 0.3 is 0 Å². The minimum atomic E-state index is -0.556. The molecule has 2 aromatic rings. The number of hydrogen-bond acceptors (Lipinski definition) is 8. The maximum atomic E-state index is 11.7. The predicted molar refractivity (Wildman–Crippen MR) is 266 cm³/mol. The summed E-state index contributed by atoms with van der Waals surface area (Å²) in [6.45, 7) is 40.9. The lowest BCUT2D eigenvalue weighted by Gasteiger charge is -2.44. The molecule has 3 rings (SSSR count). The third-order valence-corrected chi connectivity index (χ3v) is 9.54. The van der Waals surface area contributed by atoms with E-state index in [4.69, 9.17) is 21.9 Å². The summed E-state index contributed by atoms with van der Waals surface area (Å²) < 4.78 is 6.02. The number of nitrogens with zero attached hydrogens (tertiary/aromatic N) is 1. The Morgan fingerprint density at radius 2 is 1.32 bits per heavy atom. The number of nitrogens with one attached hydrogen (secondary N) is 2. The Hall–Kier alpha value is -4.35. The van der Waals surface area contributed by atoms with Gasteiger partial charge < -0.3 is 42.6 Å². The van der Waals surface area contributed by atoms with Crippen LogP contribution in [0.25, 0.3) is 11.4 Å². The molecule has 1 atom stereocenters. The van der Waals surface area contributed by atoms with Crippen molar-refractivity contribution in [2.75, 3.05) is 24.6 Å². The Morgan fingerprint density at radius 3 is 1.79 bits per heavy atom. The molecule has 3 amide bonds. The van der Waals surface area contributed by atoms with Gasteiger partial charge in [-0.1, -0.05) is 152 Å². The van der Waals surface area contributed by atoms with Crippen LogP contribution in [-0.2, 0) is 25.7 Å². The van der Waals surface area contributed by atoms with E-state index in [0.717, 1.165) is 60.3 Å². The third kappa shape index (κ3) is 24.9. The zero-order chi connectivity index (χ0) is 48.9. The van der Waals surface area contributed by atoms with Crippen molar-refractivity contribution in [3.05, 3.63) is 77.5 Å². The molecule has 1 heterocycles. The lowest BCUT2D eigenvalue weighted by molar-refractivity contribution is -0.126. The summed E-state index contributed by atoms with van der Waals surface area (Å²) in [4.78, 5) is 35.5. The number of anilines is 1. The van der Waals surface area contributed by atoms with Gasteiger partial charge in [-0.2, -0.15) is 0 Å². The fourth-order valence-corrected chi connectivity index (χ4v) is 6.91. The van der Waals surface area contributed by atoms with Crippen LogP contribution in [0, 0.1) is 16.2 Å². The first-order chi connectivity index (χ1) is 28.8. The normalized spacial score (nSPS) is 13.7. The van der Waals surface area contributed by atoms with Gasteiger partial charge in [0.05, 0.1) is 41.9 Å². The second-order valence-electron chi connectivity index (χ2n) is 18.1. The Labute approximate surface area is 379 Å². The highest BCUT2D eigenvalue weighted by Gasteiger charge is 2.41. The van der Waals surface area contributed by atoms with Crippen molar-refractivity contribution < 1.29 is 24.2 Å². The van der Waals surface area contributed by atoms with E-state index in [1.807, 2.05) is 90.1 Å². The topological polar surface area (TPSA) is 186 Å². The van der Waals surface area contributed by atoms with Crippen LogP contribution < -0.4 is 32.7 Å². The van der Waals surface area contributed by atoms with E-state index in [0.29, 0.717) is 31.0 Å². The van der Waals surface area contributed by atoms with Gasteiger partial charge in [0.25, 0.3) is 0 Å². The van der Waals surface area contributed by atoms with E-state index in [2.05, 4.69) is 93.4 Å². The number of ether oxygens (including phenoxy) is 1. The molecule has 0 saturated carbocycles. The van der Waals surface area contributed by atoms with Crippen molar-refractivity contribution in [2.45, 2.75) is 174 Å². The van der Waals surface area contributed by atoms with Gasteiger partial charge in [-0.3, -0.25) is 14.4 Å². The van der Waals surface area contributed by atoms with Crippen molar-refractivity contribution in [3.63, 3.8) is 0 Å². The molecular weight excluding hydrogens is 777 g/mol. The van der Waals surface area contributed by atoms with Crippen molar-refractivity contribution in [1.82, 2.24) is 10.6 Å². The van der Waals surface area contributed by atoms with Crippen LogP contribution in [0.15, 0.2) is 60.8 Å². The monoisotopic (exact) mass is 869 g/mol. The number of carbonyl (C=O) groups excluding carboxylic acids is 3. The first-order valence-corrected chi connectivity index (χ1v) is 22.8. The molecule has 11 nitrogen and oxygen atoms in total. The van der Waals surface area contributed by atoms with E-state index < -0.39 is 17.6 Å². The number of fused-ring (bicyclic) bond motifs is 2. The number of hydrogen-bond donors (Lipinski definition) is 6. The van der Waals surface area contributed by atoms with Gasteiger partial charge in [0.2, 0.25) is 18.2 Å². The molecule has 1 aliphatic heterocycles. The van der Waals surface area contributed by atoms with Gasteiger partial charge in [-0.25, -0.2) is 0 Å². The highest BCUT2D eigenvalue weighted by atomic mass is 16.5. The second-order valence-corrected chi connectivity index (χ2v) is 18.1. The summed E-state index contributed by atoms with van der Waals surface area (Å²) in [7, 11) is 0. The summed E-state index contributed by atoms with van der Waals surface area (Å²) >= 11 is 0. The SMILES string of the molecule is C=C(CC)NCC.CC.CC.CC(C)(C)CC(C)(C)C(O)C(C)(C)CCOC(C)(C)CCC(=O)NCC(N)=O.CCC.N/C1=C(\N)c2ccccc2N(C=O)Cc2ccccc21. The van der Waals surface area contributed by atoms with Crippen LogP contribution in [-0.4, -0.2) is 54.7 Å².